The first-order valence-electron chi connectivity index (χ1n) is 9.05. The first-order valence-corrected chi connectivity index (χ1v) is 10.8. The second-order valence-electron chi connectivity index (χ2n) is 6.30. The van der Waals surface area contributed by atoms with E-state index in [4.69, 9.17) is 23.2 Å². The summed E-state index contributed by atoms with van der Waals surface area (Å²) in [6.45, 7) is 4.09. The highest BCUT2D eigenvalue weighted by molar-refractivity contribution is 7.99. The van der Waals surface area contributed by atoms with Gasteiger partial charge in [0.25, 0.3) is 0 Å². The van der Waals surface area contributed by atoms with Gasteiger partial charge in [-0.15, -0.1) is 10.2 Å². The smallest absolute Gasteiger partial charge is 0.234 e. The fraction of sp³-hybridized carbons (Fsp3) is 0.200. The Bertz CT molecular complexity index is 1050. The minimum Gasteiger partial charge on any atom is -0.326 e. The molecule has 3 aromatic rings. The van der Waals surface area contributed by atoms with Gasteiger partial charge in [0.2, 0.25) is 11.8 Å². The fourth-order valence-corrected chi connectivity index (χ4v) is 4.08. The number of rotatable bonds is 7. The van der Waals surface area contributed by atoms with Crippen molar-refractivity contribution in [2.75, 3.05) is 16.4 Å². The van der Waals surface area contributed by atoms with Gasteiger partial charge in [-0.25, -0.2) is 0 Å². The lowest BCUT2D eigenvalue weighted by molar-refractivity contribution is -0.114. The lowest BCUT2D eigenvalue weighted by Gasteiger charge is -2.09. The van der Waals surface area contributed by atoms with Crippen LogP contribution < -0.4 is 10.6 Å². The zero-order valence-electron chi connectivity index (χ0n) is 16.3. The third-order valence-electron chi connectivity index (χ3n) is 3.98. The molecule has 3 rings (SSSR count). The Morgan fingerprint density at radius 1 is 1.00 bits per heavy atom. The summed E-state index contributed by atoms with van der Waals surface area (Å²) < 4.78 is 1.93. The summed E-state index contributed by atoms with van der Waals surface area (Å²) in [6, 6.07) is 12.2. The molecule has 0 aliphatic heterocycles. The second kappa shape index (κ2) is 9.97. The van der Waals surface area contributed by atoms with Gasteiger partial charge in [0.15, 0.2) is 11.0 Å². The Balaban J connectivity index is 1.68. The number of amides is 2. The topological polar surface area (TPSA) is 88.9 Å². The SMILES string of the molecule is CCn1c(SCC(=O)Nc2cc(Cl)cc(Cl)c2)nnc1-c1ccc(NC(C)=O)cc1. The minimum atomic E-state index is -0.204. The first-order chi connectivity index (χ1) is 14.4. The maximum Gasteiger partial charge on any atom is 0.234 e. The molecule has 0 fully saturated rings. The molecule has 1 aromatic heterocycles. The zero-order valence-corrected chi connectivity index (χ0v) is 18.6. The Morgan fingerprint density at radius 2 is 1.67 bits per heavy atom. The molecule has 0 saturated heterocycles. The van der Waals surface area contributed by atoms with Gasteiger partial charge in [0.05, 0.1) is 5.75 Å². The van der Waals surface area contributed by atoms with E-state index in [1.807, 2.05) is 35.8 Å². The Hall–Kier alpha value is -2.55. The van der Waals surface area contributed by atoms with Crippen molar-refractivity contribution < 1.29 is 9.59 Å². The van der Waals surface area contributed by atoms with Crippen LogP contribution in [-0.2, 0) is 16.1 Å². The molecule has 0 unspecified atom stereocenters. The summed E-state index contributed by atoms with van der Waals surface area (Å²) in [6.07, 6.45) is 0. The molecule has 0 radical (unpaired) electrons. The molecule has 1 heterocycles. The van der Waals surface area contributed by atoms with Crippen LogP contribution in [0.5, 0.6) is 0 Å². The summed E-state index contributed by atoms with van der Waals surface area (Å²) in [5, 5.41) is 15.5. The average Bonchev–Trinajstić information content (AvgIpc) is 3.08. The van der Waals surface area contributed by atoms with Gasteiger partial charge < -0.3 is 15.2 Å². The molecule has 0 bridgehead atoms. The number of carbonyl (C=O) groups is 2. The normalized spacial score (nSPS) is 10.7. The monoisotopic (exact) mass is 463 g/mol. The van der Waals surface area contributed by atoms with Crippen molar-refractivity contribution in [3.05, 3.63) is 52.5 Å². The van der Waals surface area contributed by atoms with Crippen molar-refractivity contribution in [3.63, 3.8) is 0 Å². The number of halogens is 2. The van der Waals surface area contributed by atoms with Crippen LogP contribution >= 0.6 is 35.0 Å². The van der Waals surface area contributed by atoms with E-state index >= 15 is 0 Å². The van der Waals surface area contributed by atoms with Gasteiger partial charge in [-0.1, -0.05) is 35.0 Å². The van der Waals surface area contributed by atoms with Crippen molar-refractivity contribution in [3.8, 4) is 11.4 Å². The van der Waals surface area contributed by atoms with Crippen LogP contribution in [0.2, 0.25) is 10.0 Å². The van der Waals surface area contributed by atoms with Crippen LogP contribution in [0.3, 0.4) is 0 Å². The van der Waals surface area contributed by atoms with E-state index in [1.165, 1.54) is 18.7 Å². The third kappa shape index (κ3) is 5.75. The molecule has 2 amide bonds. The maximum atomic E-state index is 12.3. The average molecular weight is 464 g/mol. The van der Waals surface area contributed by atoms with Gasteiger partial charge in [-0.3, -0.25) is 9.59 Å². The van der Waals surface area contributed by atoms with Gasteiger partial charge in [-0.05, 0) is 49.4 Å². The van der Waals surface area contributed by atoms with Gasteiger partial charge in [0.1, 0.15) is 0 Å². The summed E-state index contributed by atoms with van der Waals surface area (Å²) in [7, 11) is 0. The molecule has 0 aliphatic rings. The number of thioether (sulfide) groups is 1. The van der Waals surface area contributed by atoms with E-state index < -0.39 is 0 Å². The molecule has 0 spiro atoms. The highest BCUT2D eigenvalue weighted by atomic mass is 35.5. The third-order valence-corrected chi connectivity index (χ3v) is 5.38. The van der Waals surface area contributed by atoms with Crippen molar-refractivity contribution in [1.29, 1.82) is 0 Å². The van der Waals surface area contributed by atoms with E-state index in [0.717, 1.165) is 5.56 Å². The van der Waals surface area contributed by atoms with E-state index in [1.54, 1.807) is 18.2 Å². The Labute approximate surface area is 188 Å². The van der Waals surface area contributed by atoms with E-state index in [2.05, 4.69) is 20.8 Å². The van der Waals surface area contributed by atoms with Gasteiger partial charge in [-0.2, -0.15) is 0 Å². The Morgan fingerprint density at radius 3 is 2.27 bits per heavy atom. The second-order valence-corrected chi connectivity index (χ2v) is 8.12. The molecule has 0 saturated carbocycles. The number of carbonyl (C=O) groups excluding carboxylic acids is 2. The lowest BCUT2D eigenvalue weighted by Crippen LogP contribution is -2.14. The number of hydrogen-bond acceptors (Lipinski definition) is 5. The molecule has 10 heteroatoms. The quantitative estimate of drug-likeness (QED) is 0.483. The minimum absolute atomic E-state index is 0.128. The molecule has 0 atom stereocenters. The van der Waals surface area contributed by atoms with Crippen LogP contribution in [0.25, 0.3) is 11.4 Å². The molecule has 7 nitrogen and oxygen atoms in total. The summed E-state index contributed by atoms with van der Waals surface area (Å²) in [4.78, 5) is 23.5. The molecule has 156 valence electrons. The van der Waals surface area contributed by atoms with Crippen molar-refractivity contribution in [2.24, 2.45) is 0 Å². The standard InChI is InChI=1S/C20H19Cl2N5O2S/c1-3-27-19(13-4-6-16(7-5-13)23-12(2)28)25-26-20(27)30-11-18(29)24-17-9-14(21)8-15(22)10-17/h4-10H,3,11H2,1-2H3,(H,23,28)(H,24,29). The molecular formula is C20H19Cl2N5O2S. The highest BCUT2D eigenvalue weighted by Crippen LogP contribution is 2.26. The number of nitrogens with one attached hydrogen (secondary N) is 2. The van der Waals surface area contributed by atoms with Crippen LogP contribution in [0.4, 0.5) is 11.4 Å². The van der Waals surface area contributed by atoms with Gasteiger partial charge >= 0.3 is 0 Å². The number of nitrogens with zero attached hydrogens (tertiary/aromatic N) is 3. The number of benzene rings is 2. The summed E-state index contributed by atoms with van der Waals surface area (Å²) in [5.74, 6) is 0.516. The predicted octanol–water partition coefficient (Wildman–Crippen LogP) is 4.96. The van der Waals surface area contributed by atoms with Crippen molar-refractivity contribution >= 4 is 58.2 Å². The van der Waals surface area contributed by atoms with Crippen LogP contribution in [-0.4, -0.2) is 32.3 Å². The van der Waals surface area contributed by atoms with Crippen LogP contribution in [0.15, 0.2) is 47.6 Å². The molecule has 2 N–H and O–H groups in total. The largest absolute Gasteiger partial charge is 0.326 e. The first kappa shape index (κ1) is 22.1. The lowest BCUT2D eigenvalue weighted by atomic mass is 10.2. The van der Waals surface area contributed by atoms with Gasteiger partial charge in [0, 0.05) is 40.5 Å². The van der Waals surface area contributed by atoms with Crippen LogP contribution in [0.1, 0.15) is 13.8 Å². The molecule has 0 aliphatic carbocycles. The zero-order chi connectivity index (χ0) is 21.7. The van der Waals surface area contributed by atoms with Crippen molar-refractivity contribution in [1.82, 2.24) is 14.8 Å². The number of hydrogen-bond donors (Lipinski definition) is 2. The summed E-state index contributed by atoms with van der Waals surface area (Å²) in [5.41, 5.74) is 2.11. The number of aromatic nitrogens is 3. The highest BCUT2D eigenvalue weighted by Gasteiger charge is 2.15. The van der Waals surface area contributed by atoms with E-state index in [9.17, 15) is 9.59 Å². The molecule has 30 heavy (non-hydrogen) atoms. The predicted molar refractivity (Wildman–Crippen MR) is 121 cm³/mol. The fourth-order valence-electron chi connectivity index (χ4n) is 2.75. The Kier molecular flexibility index (Phi) is 7.36. The molecule has 2 aromatic carbocycles. The van der Waals surface area contributed by atoms with Crippen molar-refractivity contribution in [2.45, 2.75) is 25.5 Å². The maximum absolute atomic E-state index is 12.3. The van der Waals surface area contributed by atoms with E-state index in [0.29, 0.717) is 38.9 Å². The molecular weight excluding hydrogens is 445 g/mol. The number of anilines is 2. The van der Waals surface area contributed by atoms with Crippen LogP contribution in [0, 0.1) is 0 Å². The van der Waals surface area contributed by atoms with E-state index in [-0.39, 0.29) is 17.6 Å². The summed E-state index contributed by atoms with van der Waals surface area (Å²) >= 11 is 13.2.